The molecule has 1 aromatic rings. The van der Waals surface area contributed by atoms with Crippen molar-refractivity contribution in [1.82, 2.24) is 4.98 Å². The second-order valence-corrected chi connectivity index (χ2v) is 6.92. The van der Waals surface area contributed by atoms with Crippen LogP contribution in [-0.4, -0.2) is 34.0 Å². The number of anilines is 1. The van der Waals surface area contributed by atoms with Crippen molar-refractivity contribution in [2.75, 3.05) is 29.1 Å². The van der Waals surface area contributed by atoms with Gasteiger partial charge in [-0.05, 0) is 25.5 Å². The fourth-order valence-corrected chi connectivity index (χ4v) is 4.58. The first-order valence-corrected chi connectivity index (χ1v) is 8.22. The largest absolute Gasteiger partial charge is 0.368 e. The molecule has 1 fully saturated rings. The Balaban J connectivity index is 2.06. The fourth-order valence-electron chi connectivity index (χ4n) is 1.97. The molecule has 0 amide bonds. The highest BCUT2D eigenvalue weighted by Gasteiger charge is 2.15. The zero-order valence-corrected chi connectivity index (χ0v) is 12.3. The molecule has 1 aliphatic heterocycles. The van der Waals surface area contributed by atoms with Gasteiger partial charge in [0.25, 0.3) is 0 Å². The Morgan fingerprint density at radius 2 is 2.33 bits per heavy atom. The molecule has 0 radical (unpaired) electrons. The number of nitrogens with one attached hydrogen (secondary N) is 1. The van der Waals surface area contributed by atoms with E-state index in [2.05, 4.69) is 16.4 Å². The second-order valence-electron chi connectivity index (χ2n) is 4.36. The summed E-state index contributed by atoms with van der Waals surface area (Å²) in [5, 5.41) is 13.2. The molecule has 3 nitrogen and oxygen atoms in total. The van der Waals surface area contributed by atoms with E-state index in [4.69, 9.17) is 0 Å². The first-order valence-electron chi connectivity index (χ1n) is 6.02. The van der Waals surface area contributed by atoms with Gasteiger partial charge in [0.05, 0.1) is 5.56 Å². The average molecular weight is 279 g/mol. The van der Waals surface area contributed by atoms with E-state index in [1.807, 2.05) is 43.4 Å². The van der Waals surface area contributed by atoms with Gasteiger partial charge in [-0.25, -0.2) is 4.98 Å². The van der Waals surface area contributed by atoms with E-state index >= 15 is 0 Å². The second kappa shape index (κ2) is 6.35. The molecule has 5 heteroatoms. The maximum Gasteiger partial charge on any atom is 0.144 e. The van der Waals surface area contributed by atoms with Crippen molar-refractivity contribution in [1.29, 1.82) is 5.26 Å². The summed E-state index contributed by atoms with van der Waals surface area (Å²) in [6.07, 6.45) is 0. The van der Waals surface area contributed by atoms with Crippen LogP contribution >= 0.6 is 23.5 Å². The van der Waals surface area contributed by atoms with E-state index in [0.29, 0.717) is 10.8 Å². The lowest BCUT2D eigenvalue weighted by Crippen LogP contribution is -2.24. The van der Waals surface area contributed by atoms with Gasteiger partial charge in [-0.3, -0.25) is 0 Å². The molecule has 0 saturated carbocycles. The number of aromatic nitrogens is 1. The minimum Gasteiger partial charge on any atom is -0.368 e. The van der Waals surface area contributed by atoms with Crippen LogP contribution in [0.4, 0.5) is 5.82 Å². The van der Waals surface area contributed by atoms with Gasteiger partial charge in [0.1, 0.15) is 11.9 Å². The number of rotatable bonds is 3. The van der Waals surface area contributed by atoms with Crippen LogP contribution in [0.1, 0.15) is 16.8 Å². The van der Waals surface area contributed by atoms with E-state index in [1.165, 1.54) is 17.3 Å². The Bertz CT molecular complexity index is 462. The molecule has 0 aromatic carbocycles. The van der Waals surface area contributed by atoms with E-state index in [0.717, 1.165) is 23.6 Å². The van der Waals surface area contributed by atoms with Crippen LogP contribution in [0, 0.1) is 25.2 Å². The van der Waals surface area contributed by atoms with Gasteiger partial charge < -0.3 is 5.32 Å². The first-order chi connectivity index (χ1) is 8.70. The minimum absolute atomic E-state index is 0.623. The SMILES string of the molecule is Cc1cc(C)c(C#N)c(NCC2CSCCS2)n1. The highest BCUT2D eigenvalue weighted by atomic mass is 32.2. The van der Waals surface area contributed by atoms with Crippen LogP contribution in [0.15, 0.2) is 6.07 Å². The average Bonchev–Trinajstić information content (AvgIpc) is 2.37. The van der Waals surface area contributed by atoms with Gasteiger partial charge >= 0.3 is 0 Å². The molecule has 1 N–H and O–H groups in total. The highest BCUT2D eigenvalue weighted by molar-refractivity contribution is 8.06. The maximum atomic E-state index is 9.19. The number of nitrogens with zero attached hydrogens (tertiary/aromatic N) is 2. The number of aryl methyl sites for hydroxylation is 2. The van der Waals surface area contributed by atoms with Crippen molar-refractivity contribution in [2.24, 2.45) is 0 Å². The molecule has 96 valence electrons. The van der Waals surface area contributed by atoms with E-state index in [-0.39, 0.29) is 0 Å². The highest BCUT2D eigenvalue weighted by Crippen LogP contribution is 2.25. The lowest BCUT2D eigenvalue weighted by Gasteiger charge is -2.21. The third-order valence-electron chi connectivity index (χ3n) is 2.84. The molecule has 0 bridgehead atoms. The lowest BCUT2D eigenvalue weighted by atomic mass is 10.1. The molecular formula is C13H17N3S2. The zero-order chi connectivity index (χ0) is 13.0. The minimum atomic E-state index is 0.623. The quantitative estimate of drug-likeness (QED) is 0.922. The van der Waals surface area contributed by atoms with Crippen molar-refractivity contribution in [3.8, 4) is 6.07 Å². The number of pyridine rings is 1. The Morgan fingerprint density at radius 3 is 3.00 bits per heavy atom. The molecule has 1 unspecified atom stereocenters. The topological polar surface area (TPSA) is 48.7 Å². The summed E-state index contributed by atoms with van der Waals surface area (Å²) in [7, 11) is 0. The standard InChI is InChI=1S/C13H17N3S2/c1-9-5-10(2)16-13(12(9)6-14)15-7-11-8-17-3-4-18-11/h5,11H,3-4,7-8H2,1-2H3,(H,15,16). The first kappa shape index (κ1) is 13.6. The number of hydrogen-bond acceptors (Lipinski definition) is 5. The number of thioether (sulfide) groups is 2. The predicted molar refractivity (Wildman–Crippen MR) is 80.5 cm³/mol. The normalized spacial score (nSPS) is 19.3. The van der Waals surface area contributed by atoms with Crippen molar-refractivity contribution in [2.45, 2.75) is 19.1 Å². The molecule has 2 rings (SSSR count). The predicted octanol–water partition coefficient (Wildman–Crippen LogP) is 2.83. The molecule has 2 heterocycles. The van der Waals surface area contributed by atoms with E-state index in [1.54, 1.807) is 0 Å². The summed E-state index contributed by atoms with van der Waals surface area (Å²) in [6.45, 7) is 4.82. The molecule has 1 aromatic heterocycles. The summed E-state index contributed by atoms with van der Waals surface area (Å²) in [5.41, 5.74) is 2.63. The van der Waals surface area contributed by atoms with Gasteiger partial charge in [0.2, 0.25) is 0 Å². The summed E-state index contributed by atoms with van der Waals surface area (Å²) >= 11 is 4.02. The third-order valence-corrected chi connectivity index (χ3v) is 5.68. The molecule has 0 spiro atoms. The fraction of sp³-hybridized carbons (Fsp3) is 0.538. The summed E-state index contributed by atoms with van der Waals surface area (Å²) in [5.74, 6) is 4.41. The van der Waals surface area contributed by atoms with Crippen LogP contribution < -0.4 is 5.32 Å². The third kappa shape index (κ3) is 3.33. The van der Waals surface area contributed by atoms with Gasteiger partial charge in [-0.15, -0.1) is 0 Å². The van der Waals surface area contributed by atoms with Crippen molar-refractivity contribution >= 4 is 29.3 Å². The Hall–Kier alpha value is -0.860. The van der Waals surface area contributed by atoms with Crippen molar-refractivity contribution < 1.29 is 0 Å². The molecule has 1 atom stereocenters. The maximum absolute atomic E-state index is 9.19. The van der Waals surface area contributed by atoms with Gasteiger partial charge in [0, 0.05) is 34.7 Å². The van der Waals surface area contributed by atoms with Crippen molar-refractivity contribution in [3.05, 3.63) is 22.9 Å². The van der Waals surface area contributed by atoms with Gasteiger partial charge in [-0.1, -0.05) is 0 Å². The molecule has 1 saturated heterocycles. The number of hydrogen-bond donors (Lipinski definition) is 1. The smallest absolute Gasteiger partial charge is 0.144 e. The molecule has 1 aliphatic rings. The van der Waals surface area contributed by atoms with Crippen LogP contribution in [-0.2, 0) is 0 Å². The van der Waals surface area contributed by atoms with Gasteiger partial charge in [0.15, 0.2) is 0 Å². The summed E-state index contributed by atoms with van der Waals surface area (Å²) in [4.78, 5) is 4.44. The van der Waals surface area contributed by atoms with Crippen LogP contribution in [0.5, 0.6) is 0 Å². The Morgan fingerprint density at radius 1 is 1.50 bits per heavy atom. The van der Waals surface area contributed by atoms with E-state index in [9.17, 15) is 5.26 Å². The Labute approximate surface area is 117 Å². The van der Waals surface area contributed by atoms with Crippen LogP contribution in [0.3, 0.4) is 0 Å². The molecule has 18 heavy (non-hydrogen) atoms. The van der Waals surface area contributed by atoms with E-state index < -0.39 is 0 Å². The summed E-state index contributed by atoms with van der Waals surface area (Å²) in [6, 6.07) is 4.20. The zero-order valence-electron chi connectivity index (χ0n) is 10.7. The monoisotopic (exact) mass is 279 g/mol. The number of nitriles is 1. The van der Waals surface area contributed by atoms with Crippen molar-refractivity contribution in [3.63, 3.8) is 0 Å². The lowest BCUT2D eigenvalue weighted by molar-refractivity contribution is 0.984. The van der Waals surface area contributed by atoms with Crippen LogP contribution in [0.25, 0.3) is 0 Å². The molecule has 0 aliphatic carbocycles. The Kier molecular flexibility index (Phi) is 4.79. The van der Waals surface area contributed by atoms with Gasteiger partial charge in [-0.2, -0.15) is 28.8 Å². The summed E-state index contributed by atoms with van der Waals surface area (Å²) < 4.78 is 0. The molecular weight excluding hydrogens is 262 g/mol. The van der Waals surface area contributed by atoms with Crippen LogP contribution in [0.2, 0.25) is 0 Å².